The molecule has 0 fully saturated rings. The molecule has 30 heavy (non-hydrogen) atoms. The van der Waals surface area contributed by atoms with Crippen LogP contribution in [-0.2, 0) is 10.2 Å². The third-order valence-electron chi connectivity index (χ3n) is 4.34. The molecule has 0 unspecified atom stereocenters. The monoisotopic (exact) mass is 471 g/mol. The van der Waals surface area contributed by atoms with Crippen LogP contribution in [0.2, 0.25) is 0 Å². The lowest BCUT2D eigenvalue weighted by atomic mass is 9.95. The Bertz CT molecular complexity index is 1180. The average Bonchev–Trinajstić information content (AvgIpc) is 2.67. The molecule has 0 saturated heterocycles. The molecular formula is C22H22BrN3O4. The molecule has 0 aliphatic heterocycles. The van der Waals surface area contributed by atoms with E-state index in [1.165, 1.54) is 11.6 Å². The van der Waals surface area contributed by atoms with Gasteiger partial charge in [0, 0.05) is 9.89 Å². The number of nitrogens with zero attached hydrogens (tertiary/aromatic N) is 3. The van der Waals surface area contributed by atoms with E-state index < -0.39 is 17.5 Å². The van der Waals surface area contributed by atoms with Crippen molar-refractivity contribution >= 4 is 39.0 Å². The zero-order chi connectivity index (χ0) is 22.1. The Morgan fingerprint density at radius 3 is 2.50 bits per heavy atom. The number of halogens is 1. The Labute approximate surface area is 182 Å². The Hall–Kier alpha value is -3.00. The summed E-state index contributed by atoms with van der Waals surface area (Å²) >= 11 is 3.39. The van der Waals surface area contributed by atoms with E-state index in [1.807, 2.05) is 26.8 Å². The lowest BCUT2D eigenvalue weighted by Crippen LogP contribution is -2.29. The number of rotatable bonds is 5. The molecule has 1 heterocycles. The summed E-state index contributed by atoms with van der Waals surface area (Å²) in [5.41, 5.74) is 0.695. The Morgan fingerprint density at radius 2 is 1.90 bits per heavy atom. The van der Waals surface area contributed by atoms with Gasteiger partial charge in [0.15, 0.2) is 6.10 Å². The molecule has 0 spiro atoms. The molecule has 0 bridgehead atoms. The van der Waals surface area contributed by atoms with Gasteiger partial charge in [0.2, 0.25) is 0 Å². The number of hydrogen-bond acceptors (Lipinski definition) is 5. The Balaban J connectivity index is 2.00. The lowest BCUT2D eigenvalue weighted by Gasteiger charge is -2.20. The number of benzene rings is 2. The second kappa shape index (κ2) is 8.39. The first-order chi connectivity index (χ1) is 14.1. The SMILES string of the molecule is C[C@H](Oc1ccc(C=Nn2c(C(C)(C)C)nc3ccc(Br)cc3c2=O)cc1)C(=O)O. The first-order valence-electron chi connectivity index (χ1n) is 9.33. The molecule has 0 aliphatic rings. The standard InChI is InChI=1S/C22H22BrN3O4/c1-13(20(28)29)30-16-8-5-14(6-9-16)12-24-26-19(27)17-11-15(23)7-10-18(17)25-21(26)22(2,3)4/h5-13H,1-4H3,(H,28,29)/t13-/m0/s1. The predicted molar refractivity (Wildman–Crippen MR) is 120 cm³/mol. The van der Waals surface area contributed by atoms with E-state index >= 15 is 0 Å². The highest BCUT2D eigenvalue weighted by Crippen LogP contribution is 2.23. The average molecular weight is 472 g/mol. The third kappa shape index (κ3) is 4.76. The predicted octanol–water partition coefficient (Wildman–Crippen LogP) is 4.19. The van der Waals surface area contributed by atoms with Crippen molar-refractivity contribution in [1.82, 2.24) is 9.66 Å². The second-order valence-corrected chi connectivity index (χ2v) is 8.79. The van der Waals surface area contributed by atoms with E-state index in [0.29, 0.717) is 22.5 Å². The Morgan fingerprint density at radius 1 is 1.23 bits per heavy atom. The third-order valence-corrected chi connectivity index (χ3v) is 4.84. The number of ether oxygens (including phenoxy) is 1. The van der Waals surface area contributed by atoms with Gasteiger partial charge >= 0.3 is 5.97 Å². The summed E-state index contributed by atoms with van der Waals surface area (Å²) in [5.74, 6) is -0.0502. The van der Waals surface area contributed by atoms with E-state index in [4.69, 9.17) is 9.84 Å². The summed E-state index contributed by atoms with van der Waals surface area (Å²) in [6.45, 7) is 7.38. The minimum Gasteiger partial charge on any atom is -0.479 e. The van der Waals surface area contributed by atoms with Gasteiger partial charge in [-0.2, -0.15) is 9.78 Å². The summed E-state index contributed by atoms with van der Waals surface area (Å²) in [6, 6.07) is 12.2. The van der Waals surface area contributed by atoms with Crippen LogP contribution in [0.1, 0.15) is 39.1 Å². The van der Waals surface area contributed by atoms with Gasteiger partial charge in [0.1, 0.15) is 11.6 Å². The van der Waals surface area contributed by atoms with Crippen LogP contribution in [0.25, 0.3) is 10.9 Å². The van der Waals surface area contributed by atoms with Gasteiger partial charge in [-0.1, -0.05) is 36.7 Å². The van der Waals surface area contributed by atoms with Crippen molar-refractivity contribution in [3.8, 4) is 5.75 Å². The van der Waals surface area contributed by atoms with Crippen molar-refractivity contribution in [2.75, 3.05) is 0 Å². The maximum absolute atomic E-state index is 13.1. The number of carboxylic acid groups (broad SMARTS) is 1. The number of carboxylic acids is 1. The molecule has 3 aromatic rings. The number of carbonyl (C=O) groups is 1. The molecule has 0 amide bonds. The highest BCUT2D eigenvalue weighted by molar-refractivity contribution is 9.10. The highest BCUT2D eigenvalue weighted by Gasteiger charge is 2.22. The van der Waals surface area contributed by atoms with Crippen molar-refractivity contribution < 1.29 is 14.6 Å². The molecule has 0 saturated carbocycles. The van der Waals surface area contributed by atoms with Crippen LogP contribution in [-0.4, -0.2) is 33.1 Å². The molecule has 2 aromatic carbocycles. The minimum absolute atomic E-state index is 0.252. The van der Waals surface area contributed by atoms with Crippen LogP contribution in [0, 0.1) is 0 Å². The smallest absolute Gasteiger partial charge is 0.344 e. The van der Waals surface area contributed by atoms with Crippen LogP contribution in [0.5, 0.6) is 5.75 Å². The second-order valence-electron chi connectivity index (χ2n) is 7.88. The van der Waals surface area contributed by atoms with Crippen molar-refractivity contribution in [3.63, 3.8) is 0 Å². The van der Waals surface area contributed by atoms with Gasteiger partial charge < -0.3 is 9.84 Å². The van der Waals surface area contributed by atoms with Gasteiger partial charge in [-0.3, -0.25) is 4.79 Å². The van der Waals surface area contributed by atoms with Crippen LogP contribution >= 0.6 is 15.9 Å². The molecule has 0 radical (unpaired) electrons. The summed E-state index contributed by atoms with van der Waals surface area (Å²) < 4.78 is 7.44. The van der Waals surface area contributed by atoms with Crippen molar-refractivity contribution in [3.05, 3.63) is 68.7 Å². The maximum atomic E-state index is 13.1. The topological polar surface area (TPSA) is 93.8 Å². The fourth-order valence-corrected chi connectivity index (χ4v) is 3.11. The normalized spacial score (nSPS) is 13.0. The number of fused-ring (bicyclic) bond motifs is 1. The lowest BCUT2D eigenvalue weighted by molar-refractivity contribution is -0.144. The molecule has 1 aromatic heterocycles. The molecule has 7 nitrogen and oxygen atoms in total. The number of aliphatic carboxylic acids is 1. The zero-order valence-corrected chi connectivity index (χ0v) is 18.7. The van der Waals surface area contributed by atoms with Gasteiger partial charge in [-0.15, -0.1) is 0 Å². The molecule has 156 valence electrons. The Kier molecular flexibility index (Phi) is 6.07. The van der Waals surface area contributed by atoms with Gasteiger partial charge in [-0.05, 0) is 55.0 Å². The summed E-state index contributed by atoms with van der Waals surface area (Å²) in [6.07, 6.45) is 0.618. The van der Waals surface area contributed by atoms with E-state index in [-0.39, 0.29) is 5.56 Å². The van der Waals surface area contributed by atoms with Crippen molar-refractivity contribution in [2.45, 2.75) is 39.2 Å². The highest BCUT2D eigenvalue weighted by atomic mass is 79.9. The van der Waals surface area contributed by atoms with Crippen LogP contribution in [0.15, 0.2) is 56.8 Å². The number of hydrogen-bond donors (Lipinski definition) is 1. The number of aromatic nitrogens is 2. The molecule has 3 rings (SSSR count). The first-order valence-corrected chi connectivity index (χ1v) is 10.1. The van der Waals surface area contributed by atoms with E-state index in [1.54, 1.807) is 42.6 Å². The van der Waals surface area contributed by atoms with Crippen molar-refractivity contribution in [1.29, 1.82) is 0 Å². The largest absolute Gasteiger partial charge is 0.479 e. The summed E-state index contributed by atoms with van der Waals surface area (Å²) in [7, 11) is 0. The first kappa shape index (κ1) is 21.7. The zero-order valence-electron chi connectivity index (χ0n) is 17.1. The minimum atomic E-state index is -1.04. The fourth-order valence-electron chi connectivity index (χ4n) is 2.75. The fraction of sp³-hybridized carbons (Fsp3) is 0.273. The van der Waals surface area contributed by atoms with Crippen LogP contribution in [0.3, 0.4) is 0 Å². The van der Waals surface area contributed by atoms with E-state index in [2.05, 4.69) is 26.0 Å². The molecular weight excluding hydrogens is 450 g/mol. The molecule has 8 heteroatoms. The van der Waals surface area contributed by atoms with Gasteiger partial charge in [0.25, 0.3) is 5.56 Å². The van der Waals surface area contributed by atoms with E-state index in [0.717, 1.165) is 10.0 Å². The quantitative estimate of drug-likeness (QED) is 0.562. The van der Waals surface area contributed by atoms with E-state index in [9.17, 15) is 9.59 Å². The maximum Gasteiger partial charge on any atom is 0.344 e. The van der Waals surface area contributed by atoms with Crippen LogP contribution < -0.4 is 10.3 Å². The van der Waals surface area contributed by atoms with Gasteiger partial charge in [0.05, 0.1) is 17.1 Å². The van der Waals surface area contributed by atoms with Crippen molar-refractivity contribution in [2.24, 2.45) is 5.10 Å². The summed E-state index contributed by atoms with van der Waals surface area (Å²) in [5, 5.41) is 13.8. The summed E-state index contributed by atoms with van der Waals surface area (Å²) in [4.78, 5) is 28.7. The molecule has 1 N–H and O–H groups in total. The van der Waals surface area contributed by atoms with Gasteiger partial charge in [-0.25, -0.2) is 9.78 Å². The molecule has 0 aliphatic carbocycles. The molecule has 1 atom stereocenters. The van der Waals surface area contributed by atoms with Crippen LogP contribution in [0.4, 0.5) is 0 Å².